The summed E-state index contributed by atoms with van der Waals surface area (Å²) in [6.07, 6.45) is 1.67. The van der Waals surface area contributed by atoms with Gasteiger partial charge in [0.2, 0.25) is 0 Å². The lowest BCUT2D eigenvalue weighted by molar-refractivity contribution is 0.0939. The highest BCUT2D eigenvalue weighted by Gasteiger charge is 2.21. The Morgan fingerprint density at radius 2 is 1.79 bits per heavy atom. The van der Waals surface area contributed by atoms with Crippen molar-refractivity contribution in [3.05, 3.63) is 70.2 Å². The van der Waals surface area contributed by atoms with E-state index in [4.69, 9.17) is 9.47 Å². The maximum Gasteiger partial charge on any atom is 0.265 e. The lowest BCUT2D eigenvalue weighted by atomic mass is 10.1. The van der Waals surface area contributed by atoms with Gasteiger partial charge in [-0.25, -0.2) is 0 Å². The third-order valence-electron chi connectivity index (χ3n) is 4.24. The van der Waals surface area contributed by atoms with Gasteiger partial charge >= 0.3 is 0 Å². The zero-order valence-corrected chi connectivity index (χ0v) is 17.1. The number of amides is 2. The molecule has 0 aliphatic heterocycles. The monoisotopic (exact) mass is 411 g/mol. The van der Waals surface area contributed by atoms with Crippen molar-refractivity contribution in [3.63, 3.8) is 0 Å². The summed E-state index contributed by atoms with van der Waals surface area (Å²) in [6, 6.07) is 11.8. The average Bonchev–Trinajstić information content (AvgIpc) is 3.29. The number of thiophene rings is 1. The number of ether oxygens (including phenoxy) is 2. The van der Waals surface area contributed by atoms with E-state index >= 15 is 0 Å². The van der Waals surface area contributed by atoms with Crippen molar-refractivity contribution in [1.29, 1.82) is 0 Å². The van der Waals surface area contributed by atoms with Crippen molar-refractivity contribution in [1.82, 2.24) is 10.3 Å². The molecule has 150 valence electrons. The van der Waals surface area contributed by atoms with Crippen LogP contribution in [0.3, 0.4) is 0 Å². The molecule has 2 aromatic heterocycles. The Bertz CT molecular complexity index is 991. The molecule has 0 aliphatic rings. The number of rotatable bonds is 7. The minimum atomic E-state index is -0.370. The van der Waals surface area contributed by atoms with Gasteiger partial charge < -0.3 is 20.1 Å². The number of carbonyl (C=O) groups excluding carboxylic acids is 2. The molecule has 2 amide bonds. The second-order valence-corrected chi connectivity index (χ2v) is 7.08. The second-order valence-electron chi connectivity index (χ2n) is 6.13. The summed E-state index contributed by atoms with van der Waals surface area (Å²) in [7, 11) is 2.98. The summed E-state index contributed by atoms with van der Waals surface area (Å²) in [4.78, 5) is 30.3. The zero-order valence-electron chi connectivity index (χ0n) is 16.3. The van der Waals surface area contributed by atoms with Crippen LogP contribution in [0.2, 0.25) is 0 Å². The van der Waals surface area contributed by atoms with Crippen LogP contribution in [-0.4, -0.2) is 31.0 Å². The number of nitrogens with one attached hydrogen (secondary N) is 2. The molecule has 3 aromatic rings. The summed E-state index contributed by atoms with van der Waals surface area (Å²) in [6.45, 7) is 1.84. The van der Waals surface area contributed by atoms with Crippen LogP contribution >= 0.6 is 11.3 Å². The molecule has 0 fully saturated rings. The van der Waals surface area contributed by atoms with Gasteiger partial charge in [-0.2, -0.15) is 0 Å². The van der Waals surface area contributed by atoms with Crippen molar-refractivity contribution in [2.24, 2.45) is 0 Å². The molecule has 0 saturated carbocycles. The number of hydrogen-bond acceptors (Lipinski definition) is 6. The van der Waals surface area contributed by atoms with Gasteiger partial charge in [0.05, 0.1) is 42.1 Å². The number of hydrogen-bond donors (Lipinski definition) is 2. The van der Waals surface area contributed by atoms with Crippen LogP contribution in [-0.2, 0) is 0 Å². The summed E-state index contributed by atoms with van der Waals surface area (Å²) in [5.41, 5.74) is 1.31. The topological polar surface area (TPSA) is 89.5 Å². The SMILES string of the molecule is COc1cc(NC(=O)c2cccs2)c(C(=O)NC(C)c2ccccn2)cc1OC. The molecule has 0 spiro atoms. The van der Waals surface area contributed by atoms with E-state index in [9.17, 15) is 9.59 Å². The maximum absolute atomic E-state index is 13.0. The highest BCUT2D eigenvalue weighted by atomic mass is 32.1. The zero-order chi connectivity index (χ0) is 20.8. The van der Waals surface area contributed by atoms with E-state index in [1.54, 1.807) is 30.5 Å². The van der Waals surface area contributed by atoms with E-state index < -0.39 is 0 Å². The minimum absolute atomic E-state index is 0.260. The largest absolute Gasteiger partial charge is 0.493 e. The Balaban J connectivity index is 1.92. The Morgan fingerprint density at radius 1 is 1.03 bits per heavy atom. The second kappa shape index (κ2) is 9.20. The standard InChI is InChI=1S/C21H21N3O4S/c1-13(15-7-4-5-9-22-15)23-20(25)14-11-17(27-2)18(28-3)12-16(14)24-21(26)19-8-6-10-29-19/h4-13H,1-3H3,(H,23,25)(H,24,26). The first-order chi connectivity index (χ1) is 14.0. The van der Waals surface area contributed by atoms with Crippen molar-refractivity contribution >= 4 is 28.8 Å². The predicted octanol–water partition coefficient (Wildman–Crippen LogP) is 3.90. The van der Waals surface area contributed by atoms with Crippen LogP contribution < -0.4 is 20.1 Å². The number of aromatic nitrogens is 1. The molecular weight excluding hydrogens is 390 g/mol. The van der Waals surface area contributed by atoms with Gasteiger partial charge in [0.25, 0.3) is 11.8 Å². The molecule has 29 heavy (non-hydrogen) atoms. The van der Waals surface area contributed by atoms with Gasteiger partial charge in [-0.15, -0.1) is 11.3 Å². The molecule has 0 radical (unpaired) electrons. The molecular formula is C21H21N3O4S. The molecule has 1 aromatic carbocycles. The third kappa shape index (κ3) is 4.72. The Labute approximate surface area is 172 Å². The molecule has 1 unspecified atom stereocenters. The van der Waals surface area contributed by atoms with Gasteiger partial charge in [-0.1, -0.05) is 12.1 Å². The lowest BCUT2D eigenvalue weighted by Crippen LogP contribution is -2.28. The summed E-state index contributed by atoms with van der Waals surface area (Å²) < 4.78 is 10.6. The fourth-order valence-electron chi connectivity index (χ4n) is 2.74. The number of nitrogens with zero attached hydrogens (tertiary/aromatic N) is 1. The average molecular weight is 411 g/mol. The van der Waals surface area contributed by atoms with E-state index in [1.165, 1.54) is 25.6 Å². The van der Waals surface area contributed by atoms with Crippen LogP contribution in [0.4, 0.5) is 5.69 Å². The summed E-state index contributed by atoms with van der Waals surface area (Å²) in [5, 5.41) is 7.51. The normalized spacial score (nSPS) is 11.4. The van der Waals surface area contributed by atoms with Crippen LogP contribution in [0, 0.1) is 0 Å². The minimum Gasteiger partial charge on any atom is -0.493 e. The maximum atomic E-state index is 13.0. The molecule has 3 rings (SSSR count). The van der Waals surface area contributed by atoms with E-state index in [0.717, 1.165) is 5.69 Å². The number of pyridine rings is 1. The van der Waals surface area contributed by atoms with Gasteiger partial charge in [0.15, 0.2) is 11.5 Å². The molecule has 2 heterocycles. The number of anilines is 1. The van der Waals surface area contributed by atoms with Crippen LogP contribution in [0.25, 0.3) is 0 Å². The molecule has 7 nitrogen and oxygen atoms in total. The van der Waals surface area contributed by atoms with Crippen LogP contribution in [0.5, 0.6) is 11.5 Å². The molecule has 2 N–H and O–H groups in total. The van der Waals surface area contributed by atoms with Crippen LogP contribution in [0.15, 0.2) is 54.0 Å². The molecule has 0 aliphatic carbocycles. The molecule has 8 heteroatoms. The fourth-order valence-corrected chi connectivity index (χ4v) is 3.36. The molecule has 1 atom stereocenters. The summed E-state index contributed by atoms with van der Waals surface area (Å²) in [5.74, 6) is 0.116. The number of benzene rings is 1. The first kappa shape index (κ1) is 20.3. The van der Waals surface area contributed by atoms with E-state index in [2.05, 4.69) is 15.6 Å². The number of carbonyl (C=O) groups is 2. The van der Waals surface area contributed by atoms with Gasteiger partial charge in [0, 0.05) is 12.3 Å². The Kier molecular flexibility index (Phi) is 6.46. The van der Waals surface area contributed by atoms with E-state index in [-0.39, 0.29) is 23.4 Å². The van der Waals surface area contributed by atoms with Crippen molar-refractivity contribution < 1.29 is 19.1 Å². The smallest absolute Gasteiger partial charge is 0.265 e. The van der Waals surface area contributed by atoms with Crippen molar-refractivity contribution in [2.45, 2.75) is 13.0 Å². The number of methoxy groups -OCH3 is 2. The van der Waals surface area contributed by atoms with Gasteiger partial charge in [0.1, 0.15) is 0 Å². The predicted molar refractivity (Wildman–Crippen MR) is 112 cm³/mol. The van der Waals surface area contributed by atoms with E-state index in [0.29, 0.717) is 22.1 Å². The highest BCUT2D eigenvalue weighted by Crippen LogP contribution is 2.34. The fraction of sp³-hybridized carbons (Fsp3) is 0.190. The van der Waals surface area contributed by atoms with E-state index in [1.807, 2.05) is 30.5 Å². The Morgan fingerprint density at radius 3 is 2.41 bits per heavy atom. The highest BCUT2D eigenvalue weighted by molar-refractivity contribution is 7.12. The molecule has 0 bridgehead atoms. The van der Waals surface area contributed by atoms with Crippen molar-refractivity contribution in [3.8, 4) is 11.5 Å². The Hall–Kier alpha value is -3.39. The van der Waals surface area contributed by atoms with Gasteiger partial charge in [-0.3, -0.25) is 14.6 Å². The van der Waals surface area contributed by atoms with Crippen LogP contribution in [0.1, 0.15) is 38.7 Å². The van der Waals surface area contributed by atoms with Gasteiger partial charge in [-0.05, 0) is 36.6 Å². The first-order valence-electron chi connectivity index (χ1n) is 8.86. The lowest BCUT2D eigenvalue weighted by Gasteiger charge is -2.18. The third-order valence-corrected chi connectivity index (χ3v) is 5.11. The summed E-state index contributed by atoms with van der Waals surface area (Å²) >= 11 is 1.31. The quantitative estimate of drug-likeness (QED) is 0.615. The molecule has 0 saturated heterocycles. The van der Waals surface area contributed by atoms with Crippen molar-refractivity contribution in [2.75, 3.05) is 19.5 Å². The first-order valence-corrected chi connectivity index (χ1v) is 9.74.